The van der Waals surface area contributed by atoms with Crippen molar-refractivity contribution in [1.29, 1.82) is 0 Å². The van der Waals surface area contributed by atoms with Gasteiger partial charge in [-0.25, -0.2) is 4.98 Å². The van der Waals surface area contributed by atoms with Crippen LogP contribution < -0.4 is 0 Å². The summed E-state index contributed by atoms with van der Waals surface area (Å²) in [5.41, 5.74) is 6.69. The summed E-state index contributed by atoms with van der Waals surface area (Å²) in [5, 5.41) is 2.50. The highest BCUT2D eigenvalue weighted by molar-refractivity contribution is 5.98. The molecule has 2 aromatic carbocycles. The minimum atomic E-state index is 0.797. The Morgan fingerprint density at radius 2 is 1.77 bits per heavy atom. The molecular weight excluding hydrogens is 268 g/mol. The van der Waals surface area contributed by atoms with Crippen molar-refractivity contribution in [3.8, 4) is 0 Å². The van der Waals surface area contributed by atoms with Gasteiger partial charge in [-0.15, -0.1) is 0 Å². The van der Waals surface area contributed by atoms with Crippen LogP contribution >= 0.6 is 0 Å². The molecule has 1 saturated carbocycles. The number of aromatic nitrogens is 2. The van der Waals surface area contributed by atoms with Gasteiger partial charge in [-0.2, -0.15) is 0 Å². The minimum absolute atomic E-state index is 0.797. The first kappa shape index (κ1) is 11.2. The van der Waals surface area contributed by atoms with Crippen LogP contribution in [0.15, 0.2) is 48.7 Å². The second-order valence-electron chi connectivity index (χ2n) is 6.89. The molecule has 2 bridgehead atoms. The van der Waals surface area contributed by atoms with Gasteiger partial charge in [0, 0.05) is 11.6 Å². The van der Waals surface area contributed by atoms with Crippen LogP contribution in [0, 0.1) is 0 Å². The van der Waals surface area contributed by atoms with E-state index in [1.54, 1.807) is 11.1 Å². The lowest BCUT2D eigenvalue weighted by Gasteiger charge is -2.14. The maximum Gasteiger partial charge on any atom is 0.145 e. The molecule has 0 N–H and O–H groups in total. The van der Waals surface area contributed by atoms with Gasteiger partial charge in [0.15, 0.2) is 0 Å². The van der Waals surface area contributed by atoms with Crippen molar-refractivity contribution in [1.82, 2.24) is 9.38 Å². The van der Waals surface area contributed by atoms with Gasteiger partial charge in [-0.1, -0.05) is 24.3 Å². The molecule has 4 aromatic rings. The van der Waals surface area contributed by atoms with Crippen molar-refractivity contribution in [2.45, 2.75) is 31.1 Å². The molecule has 106 valence electrons. The largest absolute Gasteiger partial charge is 0.299 e. The van der Waals surface area contributed by atoms with Crippen molar-refractivity contribution in [2.75, 3.05) is 0 Å². The fraction of sp³-hybridized carbons (Fsp3) is 0.250. The zero-order valence-electron chi connectivity index (χ0n) is 12.3. The van der Waals surface area contributed by atoms with E-state index in [-0.39, 0.29) is 0 Å². The van der Waals surface area contributed by atoms with E-state index in [4.69, 9.17) is 4.98 Å². The first-order chi connectivity index (χ1) is 10.9. The molecular formula is C20H16N2. The highest BCUT2D eigenvalue weighted by atomic mass is 15.0. The summed E-state index contributed by atoms with van der Waals surface area (Å²) in [4.78, 5) is 4.97. The lowest BCUT2D eigenvalue weighted by Crippen LogP contribution is -1.97. The summed E-state index contributed by atoms with van der Waals surface area (Å²) in [6, 6.07) is 15.5. The smallest absolute Gasteiger partial charge is 0.145 e. The number of imidazole rings is 1. The molecule has 2 aromatic heterocycles. The first-order valence-electron chi connectivity index (χ1n) is 8.22. The second-order valence-corrected chi connectivity index (χ2v) is 6.89. The predicted octanol–water partition coefficient (Wildman–Crippen LogP) is 5.01. The summed E-state index contributed by atoms with van der Waals surface area (Å²) < 4.78 is 2.27. The third-order valence-corrected chi connectivity index (χ3v) is 5.81. The summed E-state index contributed by atoms with van der Waals surface area (Å²) in [6.45, 7) is 0. The van der Waals surface area contributed by atoms with Gasteiger partial charge in [0.05, 0.1) is 11.0 Å². The lowest BCUT2D eigenvalue weighted by atomic mass is 9.91. The monoisotopic (exact) mass is 284 g/mol. The van der Waals surface area contributed by atoms with Gasteiger partial charge < -0.3 is 0 Å². The fourth-order valence-corrected chi connectivity index (χ4v) is 4.77. The van der Waals surface area contributed by atoms with E-state index in [2.05, 4.69) is 53.1 Å². The Labute approximate surface area is 128 Å². The Bertz CT molecular complexity index is 1070. The van der Waals surface area contributed by atoms with Crippen LogP contribution in [0.4, 0.5) is 0 Å². The fourth-order valence-electron chi connectivity index (χ4n) is 4.77. The molecule has 2 aliphatic carbocycles. The Morgan fingerprint density at radius 1 is 0.955 bits per heavy atom. The van der Waals surface area contributed by atoms with Gasteiger partial charge in [0.2, 0.25) is 0 Å². The van der Waals surface area contributed by atoms with E-state index < -0.39 is 0 Å². The normalized spacial score (nSPS) is 22.9. The van der Waals surface area contributed by atoms with E-state index in [9.17, 15) is 0 Å². The summed E-state index contributed by atoms with van der Waals surface area (Å²) >= 11 is 0. The molecule has 2 heterocycles. The maximum absolute atomic E-state index is 4.97. The summed E-state index contributed by atoms with van der Waals surface area (Å²) in [7, 11) is 0. The molecule has 0 saturated heterocycles. The van der Waals surface area contributed by atoms with Crippen LogP contribution in [-0.2, 0) is 0 Å². The lowest BCUT2D eigenvalue weighted by molar-refractivity contribution is 0.718. The number of hydrogen-bond donors (Lipinski definition) is 0. The molecule has 0 radical (unpaired) electrons. The Kier molecular flexibility index (Phi) is 1.89. The van der Waals surface area contributed by atoms with Crippen LogP contribution in [0.5, 0.6) is 0 Å². The SMILES string of the molecule is c1ccc2c(c1)ccn1c3cc4c(cc3nc21)C1CCC4C1. The molecule has 2 unspecified atom stereocenters. The average Bonchev–Trinajstić information content (AvgIpc) is 3.25. The van der Waals surface area contributed by atoms with E-state index in [0.717, 1.165) is 23.0 Å². The third-order valence-electron chi connectivity index (χ3n) is 5.81. The topological polar surface area (TPSA) is 17.3 Å². The molecule has 2 nitrogen and oxygen atoms in total. The molecule has 0 aliphatic heterocycles. The number of hydrogen-bond acceptors (Lipinski definition) is 1. The van der Waals surface area contributed by atoms with Gasteiger partial charge in [-0.05, 0) is 65.8 Å². The third kappa shape index (κ3) is 1.25. The van der Waals surface area contributed by atoms with Gasteiger partial charge in [0.25, 0.3) is 0 Å². The number of nitrogens with zero attached hydrogens (tertiary/aromatic N) is 2. The number of benzene rings is 2. The zero-order chi connectivity index (χ0) is 14.3. The zero-order valence-corrected chi connectivity index (χ0v) is 12.3. The van der Waals surface area contributed by atoms with E-state index in [1.165, 1.54) is 35.6 Å². The Balaban J connectivity index is 1.77. The van der Waals surface area contributed by atoms with Crippen molar-refractivity contribution < 1.29 is 0 Å². The van der Waals surface area contributed by atoms with E-state index in [0.29, 0.717) is 0 Å². The molecule has 6 rings (SSSR count). The van der Waals surface area contributed by atoms with Crippen LogP contribution in [-0.4, -0.2) is 9.38 Å². The van der Waals surface area contributed by atoms with Crippen molar-refractivity contribution in [3.05, 3.63) is 59.8 Å². The molecule has 0 amide bonds. The van der Waals surface area contributed by atoms with Gasteiger partial charge in [-0.3, -0.25) is 4.40 Å². The van der Waals surface area contributed by atoms with Gasteiger partial charge >= 0.3 is 0 Å². The van der Waals surface area contributed by atoms with E-state index >= 15 is 0 Å². The molecule has 1 fully saturated rings. The molecule has 2 heteroatoms. The second kappa shape index (κ2) is 3.70. The predicted molar refractivity (Wildman–Crippen MR) is 89.5 cm³/mol. The average molecular weight is 284 g/mol. The maximum atomic E-state index is 4.97. The number of fused-ring (bicyclic) bond motifs is 10. The van der Waals surface area contributed by atoms with Gasteiger partial charge in [0.1, 0.15) is 5.65 Å². The minimum Gasteiger partial charge on any atom is -0.299 e. The Hall–Kier alpha value is -2.35. The standard InChI is InChI=1S/C20H16N2/c1-2-4-15-12(3-1)7-8-22-19-11-17-14-6-5-13(9-14)16(17)10-18(19)21-20(15)22/h1-4,7-8,10-11,13-14H,5-6,9H2. The first-order valence-corrected chi connectivity index (χ1v) is 8.22. The highest BCUT2D eigenvalue weighted by Crippen LogP contribution is 2.53. The highest BCUT2D eigenvalue weighted by Gasteiger charge is 2.37. The Morgan fingerprint density at radius 3 is 2.68 bits per heavy atom. The summed E-state index contributed by atoms with van der Waals surface area (Å²) in [6.07, 6.45) is 6.29. The molecule has 22 heavy (non-hydrogen) atoms. The quantitative estimate of drug-likeness (QED) is 0.444. The molecule has 2 atom stereocenters. The van der Waals surface area contributed by atoms with Crippen molar-refractivity contribution in [3.63, 3.8) is 0 Å². The molecule has 0 spiro atoms. The van der Waals surface area contributed by atoms with Crippen LogP contribution in [0.2, 0.25) is 0 Å². The van der Waals surface area contributed by atoms with Crippen LogP contribution in [0.1, 0.15) is 42.2 Å². The van der Waals surface area contributed by atoms with Crippen LogP contribution in [0.3, 0.4) is 0 Å². The number of pyridine rings is 1. The van der Waals surface area contributed by atoms with Crippen molar-refractivity contribution >= 4 is 27.5 Å². The summed E-state index contributed by atoms with van der Waals surface area (Å²) in [5.74, 6) is 1.60. The van der Waals surface area contributed by atoms with E-state index in [1.807, 2.05) is 0 Å². The van der Waals surface area contributed by atoms with Crippen LogP contribution in [0.25, 0.3) is 27.5 Å². The number of rotatable bonds is 0. The van der Waals surface area contributed by atoms with Crippen molar-refractivity contribution in [2.24, 2.45) is 0 Å². The molecule has 2 aliphatic rings.